The van der Waals surface area contributed by atoms with E-state index in [4.69, 9.17) is 5.73 Å². The number of rotatable bonds is 3. The first-order chi connectivity index (χ1) is 4.54. The molecule has 0 unspecified atom stereocenters. The van der Waals surface area contributed by atoms with Crippen molar-refractivity contribution in [2.75, 3.05) is 0 Å². The van der Waals surface area contributed by atoms with Crippen molar-refractivity contribution in [1.29, 1.82) is 0 Å². The van der Waals surface area contributed by atoms with E-state index < -0.39 is 0 Å². The molecule has 0 aromatic rings. The summed E-state index contributed by atoms with van der Waals surface area (Å²) < 4.78 is 0. The number of thioether (sulfide) groups is 1. The van der Waals surface area contributed by atoms with Gasteiger partial charge in [-0.25, -0.2) is 0 Å². The van der Waals surface area contributed by atoms with Crippen LogP contribution in [0.5, 0.6) is 0 Å². The summed E-state index contributed by atoms with van der Waals surface area (Å²) in [6.07, 6.45) is 0. The Balaban J connectivity index is 3.83. The molecule has 0 aliphatic rings. The van der Waals surface area contributed by atoms with Crippen LogP contribution in [-0.2, 0) is 0 Å². The first kappa shape index (κ1) is 9.37. The van der Waals surface area contributed by atoms with E-state index >= 15 is 0 Å². The standard InChI is InChI=1S/C8H13NS/c1-6(2)5-10-8(4)7(3)9/h5H,3-4,9H2,1-2H3. The fourth-order valence-electron chi connectivity index (χ4n) is 0.265. The van der Waals surface area contributed by atoms with Gasteiger partial charge in [0.05, 0.1) is 0 Å². The van der Waals surface area contributed by atoms with Gasteiger partial charge in [0, 0.05) is 10.6 Å². The zero-order valence-corrected chi connectivity index (χ0v) is 7.29. The number of nitrogens with two attached hydrogens (primary N) is 1. The molecular formula is C8H13NS. The molecule has 0 saturated heterocycles. The summed E-state index contributed by atoms with van der Waals surface area (Å²) in [4.78, 5) is 0.821. The Kier molecular flexibility index (Phi) is 3.96. The lowest BCUT2D eigenvalue weighted by Gasteiger charge is -1.98. The average Bonchev–Trinajstić information content (AvgIpc) is 1.82. The van der Waals surface area contributed by atoms with Crippen molar-refractivity contribution < 1.29 is 0 Å². The fraction of sp³-hybridized carbons (Fsp3) is 0.250. The van der Waals surface area contributed by atoms with Crippen LogP contribution in [0.4, 0.5) is 0 Å². The van der Waals surface area contributed by atoms with Crippen molar-refractivity contribution in [2.24, 2.45) is 5.73 Å². The van der Waals surface area contributed by atoms with Crippen molar-refractivity contribution in [3.05, 3.63) is 34.7 Å². The maximum Gasteiger partial charge on any atom is 0.0376 e. The summed E-state index contributed by atoms with van der Waals surface area (Å²) in [5, 5.41) is 2.00. The molecule has 0 aliphatic carbocycles. The normalized spacial score (nSPS) is 8.60. The van der Waals surface area contributed by atoms with Gasteiger partial charge in [-0.15, -0.1) is 0 Å². The summed E-state index contributed by atoms with van der Waals surface area (Å²) in [5.41, 5.74) is 7.17. The summed E-state index contributed by atoms with van der Waals surface area (Å²) in [7, 11) is 0. The molecule has 0 rings (SSSR count). The Labute approximate surface area is 66.7 Å². The van der Waals surface area contributed by atoms with Gasteiger partial charge in [0.2, 0.25) is 0 Å². The molecule has 0 fully saturated rings. The van der Waals surface area contributed by atoms with Crippen molar-refractivity contribution in [3.8, 4) is 0 Å². The quantitative estimate of drug-likeness (QED) is 0.634. The van der Waals surface area contributed by atoms with E-state index in [-0.39, 0.29) is 0 Å². The first-order valence-electron chi connectivity index (χ1n) is 2.97. The summed E-state index contributed by atoms with van der Waals surface area (Å²) in [5.74, 6) is 0. The average molecular weight is 155 g/mol. The van der Waals surface area contributed by atoms with Crippen LogP contribution in [-0.4, -0.2) is 0 Å². The molecular weight excluding hydrogens is 142 g/mol. The second-order valence-electron chi connectivity index (χ2n) is 2.26. The van der Waals surface area contributed by atoms with Crippen LogP contribution in [0.25, 0.3) is 0 Å². The van der Waals surface area contributed by atoms with E-state index in [0.717, 1.165) is 4.91 Å². The molecule has 0 radical (unpaired) electrons. The number of hydrogen-bond donors (Lipinski definition) is 1. The number of allylic oxidation sites excluding steroid dienone is 1. The molecule has 56 valence electrons. The summed E-state index contributed by atoms with van der Waals surface area (Å²) in [6, 6.07) is 0. The van der Waals surface area contributed by atoms with E-state index in [1.54, 1.807) is 0 Å². The van der Waals surface area contributed by atoms with Gasteiger partial charge in [-0.05, 0) is 19.3 Å². The Morgan fingerprint density at radius 2 is 1.90 bits per heavy atom. The Bertz CT molecular complexity index is 176. The van der Waals surface area contributed by atoms with Gasteiger partial charge in [0.25, 0.3) is 0 Å². The van der Waals surface area contributed by atoms with Gasteiger partial charge in [0.1, 0.15) is 0 Å². The Morgan fingerprint density at radius 3 is 2.20 bits per heavy atom. The Hall–Kier alpha value is -0.630. The van der Waals surface area contributed by atoms with Crippen LogP contribution in [0.1, 0.15) is 13.8 Å². The summed E-state index contributed by atoms with van der Waals surface area (Å²) >= 11 is 1.51. The molecule has 0 amide bonds. The van der Waals surface area contributed by atoms with Gasteiger partial charge in [-0.1, -0.05) is 30.5 Å². The maximum atomic E-state index is 5.38. The minimum absolute atomic E-state index is 0.544. The monoisotopic (exact) mass is 155 g/mol. The minimum Gasteiger partial charge on any atom is -0.398 e. The van der Waals surface area contributed by atoms with Crippen molar-refractivity contribution in [2.45, 2.75) is 13.8 Å². The smallest absolute Gasteiger partial charge is 0.0376 e. The molecule has 10 heavy (non-hydrogen) atoms. The van der Waals surface area contributed by atoms with E-state index in [1.807, 2.05) is 19.3 Å². The lowest BCUT2D eigenvalue weighted by molar-refractivity contribution is 1.41. The molecule has 2 N–H and O–H groups in total. The highest BCUT2D eigenvalue weighted by Crippen LogP contribution is 2.19. The molecule has 0 aliphatic heterocycles. The first-order valence-corrected chi connectivity index (χ1v) is 3.85. The van der Waals surface area contributed by atoms with E-state index in [0.29, 0.717) is 5.70 Å². The highest BCUT2D eigenvalue weighted by molar-refractivity contribution is 8.06. The van der Waals surface area contributed by atoms with E-state index in [1.165, 1.54) is 17.3 Å². The molecule has 0 saturated carbocycles. The van der Waals surface area contributed by atoms with Crippen LogP contribution in [0, 0.1) is 0 Å². The lowest BCUT2D eigenvalue weighted by atomic mass is 10.4. The highest BCUT2D eigenvalue weighted by atomic mass is 32.2. The fourth-order valence-corrected chi connectivity index (χ4v) is 0.794. The molecule has 0 spiro atoms. The van der Waals surface area contributed by atoms with Gasteiger partial charge in [-0.3, -0.25) is 0 Å². The second kappa shape index (κ2) is 4.23. The predicted molar refractivity (Wildman–Crippen MR) is 49.5 cm³/mol. The van der Waals surface area contributed by atoms with E-state index in [2.05, 4.69) is 13.2 Å². The maximum absolute atomic E-state index is 5.38. The topological polar surface area (TPSA) is 26.0 Å². The van der Waals surface area contributed by atoms with Crippen LogP contribution in [0.3, 0.4) is 0 Å². The zero-order chi connectivity index (χ0) is 8.15. The second-order valence-corrected chi connectivity index (χ2v) is 3.23. The lowest BCUT2D eigenvalue weighted by Crippen LogP contribution is -1.93. The largest absolute Gasteiger partial charge is 0.398 e. The third kappa shape index (κ3) is 4.27. The third-order valence-electron chi connectivity index (χ3n) is 0.795. The predicted octanol–water partition coefficient (Wildman–Crippen LogP) is 2.63. The third-order valence-corrected chi connectivity index (χ3v) is 1.93. The van der Waals surface area contributed by atoms with Crippen LogP contribution in [0.2, 0.25) is 0 Å². The molecule has 0 aromatic carbocycles. The molecule has 2 heteroatoms. The van der Waals surface area contributed by atoms with Crippen molar-refractivity contribution in [3.63, 3.8) is 0 Å². The van der Waals surface area contributed by atoms with Gasteiger partial charge in [0.15, 0.2) is 0 Å². The molecule has 0 aromatic heterocycles. The zero-order valence-electron chi connectivity index (χ0n) is 6.48. The molecule has 0 heterocycles. The Morgan fingerprint density at radius 1 is 1.40 bits per heavy atom. The van der Waals surface area contributed by atoms with Crippen LogP contribution < -0.4 is 5.73 Å². The van der Waals surface area contributed by atoms with Crippen molar-refractivity contribution >= 4 is 11.8 Å². The molecule has 0 bridgehead atoms. The summed E-state index contributed by atoms with van der Waals surface area (Å²) in [6.45, 7) is 11.3. The van der Waals surface area contributed by atoms with Crippen LogP contribution >= 0.6 is 11.8 Å². The minimum atomic E-state index is 0.544. The van der Waals surface area contributed by atoms with Crippen molar-refractivity contribution in [1.82, 2.24) is 0 Å². The van der Waals surface area contributed by atoms with Gasteiger partial charge < -0.3 is 5.73 Å². The van der Waals surface area contributed by atoms with Gasteiger partial charge >= 0.3 is 0 Å². The van der Waals surface area contributed by atoms with E-state index in [9.17, 15) is 0 Å². The molecule has 1 nitrogen and oxygen atoms in total. The number of hydrogen-bond acceptors (Lipinski definition) is 2. The highest BCUT2D eigenvalue weighted by Gasteiger charge is 1.91. The SMILES string of the molecule is C=C(N)C(=C)SC=C(C)C. The molecule has 0 atom stereocenters. The van der Waals surface area contributed by atoms with Gasteiger partial charge in [-0.2, -0.15) is 0 Å². The van der Waals surface area contributed by atoms with Crippen LogP contribution in [0.15, 0.2) is 34.7 Å².